The van der Waals surface area contributed by atoms with Crippen molar-refractivity contribution in [1.82, 2.24) is 0 Å². The van der Waals surface area contributed by atoms with Crippen LogP contribution < -0.4 is 0 Å². The second-order valence-corrected chi connectivity index (χ2v) is 4.38. The lowest BCUT2D eigenvalue weighted by molar-refractivity contribution is -0.162. The smallest absolute Gasteiger partial charge is 0.319 e. The Morgan fingerprint density at radius 3 is 2.75 bits per heavy atom. The number of aliphatic hydroxyl groups excluding tert-OH is 1. The van der Waals surface area contributed by atoms with Gasteiger partial charge in [0.15, 0.2) is 0 Å². The van der Waals surface area contributed by atoms with Gasteiger partial charge in [-0.1, -0.05) is 6.92 Å². The molecule has 0 aromatic rings. The molecule has 2 atom stereocenters. The molecule has 0 aromatic heterocycles. The van der Waals surface area contributed by atoms with E-state index in [4.69, 9.17) is 9.84 Å². The molecular formula is C12H20O4. The van der Waals surface area contributed by atoms with E-state index < -0.39 is 11.4 Å². The molecule has 0 aliphatic heterocycles. The van der Waals surface area contributed by atoms with E-state index in [1.54, 1.807) is 6.92 Å². The average molecular weight is 228 g/mol. The SMILES string of the molecule is CCOC(=O)C1(C(C)CCO)CCCC1=O. The van der Waals surface area contributed by atoms with Gasteiger partial charge in [0.05, 0.1) is 6.61 Å². The summed E-state index contributed by atoms with van der Waals surface area (Å²) in [5.74, 6) is -0.572. The minimum atomic E-state index is -0.987. The first kappa shape index (κ1) is 13.2. The van der Waals surface area contributed by atoms with Gasteiger partial charge in [-0.25, -0.2) is 0 Å². The van der Waals surface area contributed by atoms with Crippen molar-refractivity contribution in [2.75, 3.05) is 13.2 Å². The molecule has 92 valence electrons. The number of ether oxygens (including phenoxy) is 1. The Labute approximate surface area is 96.0 Å². The van der Waals surface area contributed by atoms with E-state index in [-0.39, 0.29) is 18.3 Å². The number of Topliss-reactive ketones (excluding diaryl/α,β-unsaturated/α-hetero) is 1. The van der Waals surface area contributed by atoms with Gasteiger partial charge in [0.25, 0.3) is 0 Å². The zero-order valence-corrected chi connectivity index (χ0v) is 9.99. The van der Waals surface area contributed by atoms with E-state index in [9.17, 15) is 9.59 Å². The monoisotopic (exact) mass is 228 g/mol. The summed E-state index contributed by atoms with van der Waals surface area (Å²) in [6.45, 7) is 3.87. The second kappa shape index (κ2) is 5.43. The molecule has 1 rings (SSSR count). The Balaban J connectivity index is 2.92. The zero-order valence-electron chi connectivity index (χ0n) is 9.99. The highest BCUT2D eigenvalue weighted by Gasteiger charge is 2.53. The summed E-state index contributed by atoms with van der Waals surface area (Å²) in [6.07, 6.45) is 2.22. The Kier molecular flexibility index (Phi) is 4.47. The molecule has 1 N–H and O–H groups in total. The van der Waals surface area contributed by atoms with Crippen molar-refractivity contribution in [3.05, 3.63) is 0 Å². The lowest BCUT2D eigenvalue weighted by atomic mass is 9.72. The van der Waals surface area contributed by atoms with Crippen LogP contribution in [0.2, 0.25) is 0 Å². The standard InChI is InChI=1S/C12H20O4/c1-3-16-11(15)12(9(2)6-8-13)7-4-5-10(12)14/h9,13H,3-8H2,1-2H3. The topological polar surface area (TPSA) is 63.6 Å². The van der Waals surface area contributed by atoms with E-state index >= 15 is 0 Å². The quantitative estimate of drug-likeness (QED) is 0.569. The Morgan fingerprint density at radius 1 is 1.62 bits per heavy atom. The van der Waals surface area contributed by atoms with Crippen LogP contribution in [0.15, 0.2) is 0 Å². The van der Waals surface area contributed by atoms with Crippen LogP contribution >= 0.6 is 0 Å². The second-order valence-electron chi connectivity index (χ2n) is 4.38. The highest BCUT2D eigenvalue weighted by Crippen LogP contribution is 2.43. The number of aliphatic hydroxyl groups is 1. The highest BCUT2D eigenvalue weighted by atomic mass is 16.5. The molecule has 0 radical (unpaired) electrons. The Bertz CT molecular complexity index is 274. The van der Waals surface area contributed by atoms with Crippen LogP contribution in [0, 0.1) is 11.3 Å². The van der Waals surface area contributed by atoms with Gasteiger partial charge in [0, 0.05) is 13.0 Å². The predicted octanol–water partition coefficient (Wildman–Crippen LogP) is 1.31. The Morgan fingerprint density at radius 2 is 2.31 bits per heavy atom. The number of hydrogen-bond acceptors (Lipinski definition) is 4. The normalized spacial score (nSPS) is 26.8. The molecule has 0 heterocycles. The van der Waals surface area contributed by atoms with E-state index in [0.29, 0.717) is 25.9 Å². The minimum absolute atomic E-state index is 0.00436. The molecule has 16 heavy (non-hydrogen) atoms. The molecule has 2 unspecified atom stereocenters. The lowest BCUT2D eigenvalue weighted by Gasteiger charge is -2.31. The minimum Gasteiger partial charge on any atom is -0.465 e. The average Bonchev–Trinajstić information content (AvgIpc) is 2.62. The van der Waals surface area contributed by atoms with E-state index in [1.165, 1.54) is 0 Å². The van der Waals surface area contributed by atoms with E-state index in [0.717, 1.165) is 6.42 Å². The summed E-state index contributed by atoms with van der Waals surface area (Å²) >= 11 is 0. The third kappa shape index (κ3) is 2.12. The highest BCUT2D eigenvalue weighted by molar-refractivity contribution is 6.05. The number of hydrogen-bond donors (Lipinski definition) is 1. The van der Waals surface area contributed by atoms with Gasteiger partial charge in [-0.15, -0.1) is 0 Å². The maximum atomic E-state index is 12.0. The number of rotatable bonds is 5. The molecule has 0 amide bonds. The van der Waals surface area contributed by atoms with Gasteiger partial charge < -0.3 is 9.84 Å². The van der Waals surface area contributed by atoms with Crippen molar-refractivity contribution in [3.8, 4) is 0 Å². The molecule has 0 aromatic carbocycles. The van der Waals surface area contributed by atoms with E-state index in [1.807, 2.05) is 6.92 Å². The van der Waals surface area contributed by atoms with Crippen molar-refractivity contribution in [2.45, 2.75) is 39.5 Å². The van der Waals surface area contributed by atoms with Gasteiger partial charge in [0.1, 0.15) is 11.2 Å². The van der Waals surface area contributed by atoms with Crippen LogP contribution in [0.1, 0.15) is 39.5 Å². The number of ketones is 1. The molecule has 1 aliphatic rings. The van der Waals surface area contributed by atoms with Gasteiger partial charge in [0.2, 0.25) is 0 Å². The number of carbonyl (C=O) groups excluding carboxylic acids is 2. The van der Waals surface area contributed by atoms with Crippen molar-refractivity contribution < 1.29 is 19.4 Å². The number of carbonyl (C=O) groups is 2. The molecule has 0 spiro atoms. The van der Waals surface area contributed by atoms with Crippen LogP contribution in [0.3, 0.4) is 0 Å². The maximum Gasteiger partial charge on any atom is 0.319 e. The van der Waals surface area contributed by atoms with Crippen molar-refractivity contribution in [3.63, 3.8) is 0 Å². The fraction of sp³-hybridized carbons (Fsp3) is 0.833. The summed E-state index contributed by atoms with van der Waals surface area (Å²) in [4.78, 5) is 23.9. The first-order valence-electron chi connectivity index (χ1n) is 5.91. The fourth-order valence-corrected chi connectivity index (χ4v) is 2.53. The molecule has 1 aliphatic carbocycles. The van der Waals surface area contributed by atoms with Crippen molar-refractivity contribution in [1.29, 1.82) is 0 Å². The molecule has 0 saturated heterocycles. The maximum absolute atomic E-state index is 12.0. The summed E-state index contributed by atoms with van der Waals surface area (Å²) in [6, 6.07) is 0. The molecule has 1 saturated carbocycles. The van der Waals surface area contributed by atoms with Crippen molar-refractivity contribution in [2.24, 2.45) is 11.3 Å². The fourth-order valence-electron chi connectivity index (χ4n) is 2.53. The summed E-state index contributed by atoms with van der Waals surface area (Å²) in [5, 5.41) is 8.95. The lowest BCUT2D eigenvalue weighted by Crippen LogP contribution is -2.43. The molecule has 1 fully saturated rings. The Hall–Kier alpha value is -0.900. The summed E-state index contributed by atoms with van der Waals surface area (Å²) < 4.78 is 5.03. The van der Waals surface area contributed by atoms with Crippen LogP contribution in [0.5, 0.6) is 0 Å². The third-order valence-corrected chi connectivity index (χ3v) is 3.52. The first-order chi connectivity index (χ1) is 7.59. The molecule has 4 heteroatoms. The third-order valence-electron chi connectivity index (χ3n) is 3.52. The van der Waals surface area contributed by atoms with Crippen LogP contribution in [-0.2, 0) is 14.3 Å². The van der Waals surface area contributed by atoms with Gasteiger partial charge in [-0.3, -0.25) is 9.59 Å². The summed E-state index contributed by atoms with van der Waals surface area (Å²) in [5.41, 5.74) is -0.987. The summed E-state index contributed by atoms with van der Waals surface area (Å²) in [7, 11) is 0. The zero-order chi connectivity index (χ0) is 12.2. The number of esters is 1. The first-order valence-corrected chi connectivity index (χ1v) is 5.91. The molecule has 0 bridgehead atoms. The predicted molar refractivity (Wildman–Crippen MR) is 58.8 cm³/mol. The van der Waals surface area contributed by atoms with Crippen LogP contribution in [-0.4, -0.2) is 30.1 Å². The molecule has 4 nitrogen and oxygen atoms in total. The van der Waals surface area contributed by atoms with Crippen LogP contribution in [0.25, 0.3) is 0 Å². The van der Waals surface area contributed by atoms with Gasteiger partial charge in [-0.2, -0.15) is 0 Å². The van der Waals surface area contributed by atoms with Crippen molar-refractivity contribution >= 4 is 11.8 Å². The van der Waals surface area contributed by atoms with E-state index in [2.05, 4.69) is 0 Å². The van der Waals surface area contributed by atoms with Gasteiger partial charge in [-0.05, 0) is 32.1 Å². The van der Waals surface area contributed by atoms with Crippen LogP contribution in [0.4, 0.5) is 0 Å². The molecular weight excluding hydrogens is 208 g/mol. The van der Waals surface area contributed by atoms with Gasteiger partial charge >= 0.3 is 5.97 Å². The largest absolute Gasteiger partial charge is 0.465 e.